The highest BCUT2D eigenvalue weighted by Crippen LogP contribution is 2.53. The van der Waals surface area contributed by atoms with E-state index in [1.54, 1.807) is 0 Å². The molecule has 0 radical (unpaired) electrons. The normalized spacial score (nSPS) is 12.0. The van der Waals surface area contributed by atoms with Crippen molar-refractivity contribution in [1.29, 1.82) is 0 Å². The summed E-state index contributed by atoms with van der Waals surface area (Å²) in [5, 5.41) is 0. The molecule has 2 N–H and O–H groups in total. The lowest BCUT2D eigenvalue weighted by molar-refractivity contribution is 0.219. The summed E-state index contributed by atoms with van der Waals surface area (Å²) >= 11 is 0. The highest BCUT2D eigenvalue weighted by molar-refractivity contribution is 7.53. The van der Waals surface area contributed by atoms with Crippen LogP contribution in [0.4, 0.5) is 0 Å². The number of rotatable bonds is 10. The number of nitrogens with two attached hydrogens (primary N) is 1. The van der Waals surface area contributed by atoms with Gasteiger partial charge in [-0.05, 0) is 62.3 Å². The molecule has 0 aliphatic rings. The van der Waals surface area contributed by atoms with E-state index < -0.39 is 7.60 Å². The third-order valence-corrected chi connectivity index (χ3v) is 6.85. The van der Waals surface area contributed by atoms with Crippen LogP contribution >= 0.6 is 7.60 Å². The van der Waals surface area contributed by atoms with Gasteiger partial charge in [0.15, 0.2) is 0 Å². The van der Waals surface area contributed by atoms with Crippen LogP contribution < -0.4 is 5.73 Å². The van der Waals surface area contributed by atoms with Crippen molar-refractivity contribution >= 4 is 7.60 Å². The van der Waals surface area contributed by atoms with Gasteiger partial charge in [-0.3, -0.25) is 9.55 Å². The Balaban J connectivity index is 2.74. The maximum atomic E-state index is 13.3. The van der Waals surface area contributed by atoms with E-state index in [1.165, 1.54) is 5.56 Å². The Hall–Kier alpha value is -1.52. The lowest BCUT2D eigenvalue weighted by Gasteiger charge is -2.24. The van der Waals surface area contributed by atoms with Gasteiger partial charge in [-0.2, -0.15) is 0 Å². The molecular weight excluding hydrogens is 383 g/mol. The summed E-state index contributed by atoms with van der Waals surface area (Å²) in [6, 6.07) is 8.36. The molecule has 0 unspecified atom stereocenters. The van der Waals surface area contributed by atoms with Gasteiger partial charge in [-0.25, -0.2) is 0 Å². The minimum Gasteiger partial charge on any atom is -0.326 e. The first-order valence-electron chi connectivity index (χ1n) is 10.4. The Morgan fingerprint density at radius 2 is 1.62 bits per heavy atom. The van der Waals surface area contributed by atoms with Crippen molar-refractivity contribution in [3.8, 4) is 11.1 Å². The van der Waals surface area contributed by atoms with Crippen LogP contribution in [0, 0.1) is 19.8 Å². The fourth-order valence-corrected chi connectivity index (χ4v) is 5.42. The molecule has 1 heterocycles. The Morgan fingerprint density at radius 1 is 1.03 bits per heavy atom. The minimum atomic E-state index is -3.28. The average Bonchev–Trinajstić information content (AvgIpc) is 2.64. The van der Waals surface area contributed by atoms with E-state index in [0.29, 0.717) is 25.7 Å². The zero-order valence-corrected chi connectivity index (χ0v) is 19.5. The van der Waals surface area contributed by atoms with Crippen molar-refractivity contribution in [3.63, 3.8) is 0 Å². The molecule has 0 fully saturated rings. The molecule has 29 heavy (non-hydrogen) atoms. The second-order valence-corrected chi connectivity index (χ2v) is 9.80. The van der Waals surface area contributed by atoms with Crippen LogP contribution in [0.15, 0.2) is 24.3 Å². The molecular formula is C23H35N2O3P. The highest BCUT2D eigenvalue weighted by Gasteiger charge is 2.29. The van der Waals surface area contributed by atoms with Crippen molar-refractivity contribution in [2.24, 2.45) is 11.7 Å². The van der Waals surface area contributed by atoms with Gasteiger partial charge in [0.2, 0.25) is 0 Å². The monoisotopic (exact) mass is 418 g/mol. The standard InChI is InChI=1S/C23H35N2O3P/c1-7-27-29(26,28-8-2)15-21-18(6)25-22(13-16(3)4)20(14-24)23(21)19-11-9-17(5)10-12-19/h9-12,16H,7-8,13-15,24H2,1-6H3. The fraction of sp³-hybridized carbons (Fsp3) is 0.522. The van der Waals surface area contributed by atoms with Crippen molar-refractivity contribution in [3.05, 3.63) is 52.3 Å². The molecule has 0 aliphatic carbocycles. The average molecular weight is 419 g/mol. The maximum absolute atomic E-state index is 13.3. The van der Waals surface area contributed by atoms with Gasteiger partial charge in [0.1, 0.15) is 0 Å². The maximum Gasteiger partial charge on any atom is 0.335 e. The van der Waals surface area contributed by atoms with Gasteiger partial charge < -0.3 is 14.8 Å². The van der Waals surface area contributed by atoms with Gasteiger partial charge in [-0.1, -0.05) is 43.7 Å². The number of aryl methyl sites for hydroxylation is 2. The Bertz CT molecular complexity index is 853. The van der Waals surface area contributed by atoms with Crippen LogP contribution in [-0.4, -0.2) is 18.2 Å². The number of aromatic nitrogens is 1. The number of hydrogen-bond donors (Lipinski definition) is 1. The molecule has 1 aromatic carbocycles. The zero-order valence-electron chi connectivity index (χ0n) is 18.6. The molecule has 0 atom stereocenters. The summed E-state index contributed by atoms with van der Waals surface area (Å²) < 4.78 is 24.5. The SMILES string of the molecule is CCOP(=O)(Cc1c(C)nc(CC(C)C)c(CN)c1-c1ccc(C)cc1)OCC. The summed E-state index contributed by atoms with van der Waals surface area (Å²) in [4.78, 5) is 4.88. The van der Waals surface area contributed by atoms with E-state index in [1.807, 2.05) is 20.8 Å². The van der Waals surface area contributed by atoms with Crippen LogP contribution in [0.3, 0.4) is 0 Å². The molecule has 2 rings (SSSR count). The van der Waals surface area contributed by atoms with E-state index in [9.17, 15) is 4.57 Å². The van der Waals surface area contributed by atoms with E-state index in [0.717, 1.165) is 40.1 Å². The lowest BCUT2D eigenvalue weighted by Crippen LogP contribution is -2.14. The largest absolute Gasteiger partial charge is 0.335 e. The topological polar surface area (TPSA) is 74.4 Å². The molecule has 5 nitrogen and oxygen atoms in total. The van der Waals surface area contributed by atoms with E-state index in [2.05, 4.69) is 45.0 Å². The third kappa shape index (κ3) is 5.99. The molecule has 1 aromatic heterocycles. The molecule has 0 saturated carbocycles. The van der Waals surface area contributed by atoms with Gasteiger partial charge in [0, 0.05) is 17.9 Å². The number of nitrogens with zero attached hydrogens (tertiary/aromatic N) is 1. The summed E-state index contributed by atoms with van der Waals surface area (Å²) in [5.41, 5.74) is 13.3. The summed E-state index contributed by atoms with van der Waals surface area (Å²) in [7, 11) is -3.28. The Morgan fingerprint density at radius 3 is 2.10 bits per heavy atom. The molecule has 0 saturated heterocycles. The lowest BCUT2D eigenvalue weighted by atomic mass is 9.90. The fourth-order valence-electron chi connectivity index (χ4n) is 3.60. The van der Waals surface area contributed by atoms with Crippen molar-refractivity contribution in [1.82, 2.24) is 4.98 Å². The first kappa shape index (κ1) is 23.8. The van der Waals surface area contributed by atoms with Crippen molar-refractivity contribution in [2.45, 2.75) is 60.7 Å². The van der Waals surface area contributed by atoms with Crippen molar-refractivity contribution < 1.29 is 13.6 Å². The Labute approximate surface area is 175 Å². The highest BCUT2D eigenvalue weighted by atomic mass is 31.2. The quantitative estimate of drug-likeness (QED) is 0.494. The second-order valence-electron chi connectivity index (χ2n) is 7.75. The minimum absolute atomic E-state index is 0.186. The van der Waals surface area contributed by atoms with E-state index >= 15 is 0 Å². The molecule has 2 aromatic rings. The van der Waals surface area contributed by atoms with Crippen LogP contribution in [0.5, 0.6) is 0 Å². The first-order chi connectivity index (χ1) is 13.7. The molecule has 6 heteroatoms. The van der Waals surface area contributed by atoms with Crippen molar-refractivity contribution in [2.75, 3.05) is 13.2 Å². The van der Waals surface area contributed by atoms with Crippen LogP contribution in [0.2, 0.25) is 0 Å². The van der Waals surface area contributed by atoms with Gasteiger partial charge in [-0.15, -0.1) is 0 Å². The third-order valence-electron chi connectivity index (χ3n) is 4.84. The molecule has 160 valence electrons. The van der Waals surface area contributed by atoms with E-state index in [4.69, 9.17) is 19.8 Å². The number of benzene rings is 1. The predicted octanol–water partition coefficient (Wildman–Crippen LogP) is 5.79. The molecule has 0 aliphatic heterocycles. The summed E-state index contributed by atoms with van der Waals surface area (Å²) in [5.74, 6) is 0.460. The van der Waals surface area contributed by atoms with Gasteiger partial charge >= 0.3 is 7.60 Å². The number of hydrogen-bond acceptors (Lipinski definition) is 5. The smallest absolute Gasteiger partial charge is 0.326 e. The predicted molar refractivity (Wildman–Crippen MR) is 120 cm³/mol. The molecule has 0 spiro atoms. The Kier molecular flexibility index (Phi) is 8.59. The zero-order chi connectivity index (χ0) is 21.6. The van der Waals surface area contributed by atoms with Crippen LogP contribution in [0.25, 0.3) is 11.1 Å². The van der Waals surface area contributed by atoms with Gasteiger partial charge in [0.25, 0.3) is 0 Å². The summed E-state index contributed by atoms with van der Waals surface area (Å²) in [6.45, 7) is 13.1. The molecule has 0 amide bonds. The second kappa shape index (κ2) is 10.5. The van der Waals surface area contributed by atoms with Crippen LogP contribution in [-0.2, 0) is 32.7 Å². The van der Waals surface area contributed by atoms with Gasteiger partial charge in [0.05, 0.1) is 19.4 Å². The summed E-state index contributed by atoms with van der Waals surface area (Å²) in [6.07, 6.45) is 1.03. The first-order valence-corrected chi connectivity index (χ1v) is 12.1. The number of pyridine rings is 1. The van der Waals surface area contributed by atoms with Crippen LogP contribution in [0.1, 0.15) is 55.8 Å². The molecule has 0 bridgehead atoms. The van der Waals surface area contributed by atoms with E-state index in [-0.39, 0.29) is 6.16 Å².